The van der Waals surface area contributed by atoms with Gasteiger partial charge in [0.2, 0.25) is 0 Å². The summed E-state index contributed by atoms with van der Waals surface area (Å²) in [5, 5.41) is 0. The number of likely N-dealkylation sites (tertiary alicyclic amines) is 1. The van der Waals surface area contributed by atoms with Crippen LogP contribution in [-0.2, 0) is 0 Å². The maximum absolute atomic E-state index is 11.1. The molecule has 4 rings (SSSR count). The lowest BCUT2D eigenvalue weighted by atomic mass is 10.1. The van der Waals surface area contributed by atoms with Crippen LogP contribution in [-0.4, -0.2) is 46.2 Å². The maximum atomic E-state index is 11.1. The number of halogens is 2. The van der Waals surface area contributed by atoms with E-state index in [2.05, 4.69) is 4.90 Å². The van der Waals surface area contributed by atoms with E-state index in [0.717, 1.165) is 56.0 Å². The minimum Gasteiger partial charge on any atom is -0.328 e. The lowest BCUT2D eigenvalue weighted by molar-refractivity contribution is 0.212. The largest absolute Gasteiger partial charge is 0.328 e. The fourth-order valence-electron chi connectivity index (χ4n) is 3.91. The average molecular weight is 461 g/mol. The first kappa shape index (κ1) is 24.1. The number of nitrogens with two attached hydrogens (primary N) is 1. The van der Waals surface area contributed by atoms with Crippen molar-refractivity contribution in [3.8, 4) is 0 Å². The van der Waals surface area contributed by atoms with Crippen molar-refractivity contribution in [1.29, 1.82) is 0 Å². The minimum absolute atomic E-state index is 0. The molecule has 0 aromatic heterocycles. The number of rotatable bonds is 5. The van der Waals surface area contributed by atoms with Gasteiger partial charge in [0.15, 0.2) is 0 Å². The van der Waals surface area contributed by atoms with E-state index in [1.54, 1.807) is 8.61 Å². The van der Waals surface area contributed by atoms with E-state index in [1.807, 2.05) is 54.6 Å². The number of piperidine rings is 1. The van der Waals surface area contributed by atoms with E-state index in [9.17, 15) is 9.11 Å². The minimum atomic E-state index is -3.12. The smallest absolute Gasteiger partial charge is 0.0896 e. The molecule has 9 heteroatoms. The van der Waals surface area contributed by atoms with Gasteiger partial charge < -0.3 is 10.6 Å². The highest BCUT2D eigenvalue weighted by molar-refractivity contribution is 8.27. The Morgan fingerprint density at radius 1 is 0.862 bits per heavy atom. The van der Waals surface area contributed by atoms with Gasteiger partial charge in [0.1, 0.15) is 0 Å². The summed E-state index contributed by atoms with van der Waals surface area (Å²) in [6.07, 6.45) is 2.97. The van der Waals surface area contributed by atoms with Crippen molar-refractivity contribution in [1.82, 2.24) is 4.90 Å². The van der Waals surface area contributed by atoms with E-state index < -0.39 is 11.0 Å². The zero-order chi connectivity index (χ0) is 18.9. The lowest BCUT2D eigenvalue weighted by Gasteiger charge is -2.44. The Hall–Kier alpha value is -1.19. The van der Waals surface area contributed by atoms with Gasteiger partial charge in [0.05, 0.1) is 17.1 Å². The highest BCUT2D eigenvalue weighted by Gasteiger charge is 2.41. The van der Waals surface area contributed by atoms with E-state index in [1.165, 1.54) is 0 Å². The van der Waals surface area contributed by atoms with Gasteiger partial charge in [-0.3, -0.25) is 13.4 Å². The Kier molecular flexibility index (Phi) is 8.48. The topological polar surface area (TPSA) is 76.2 Å². The van der Waals surface area contributed by atoms with E-state index in [0.29, 0.717) is 12.6 Å². The third-order valence-electron chi connectivity index (χ3n) is 5.37. The summed E-state index contributed by atoms with van der Waals surface area (Å²) in [4.78, 5) is 2.42. The fraction of sp³-hybridized carbons (Fsp3) is 0.400. The first-order chi connectivity index (χ1) is 13.1. The van der Waals surface area contributed by atoms with Crippen molar-refractivity contribution in [2.45, 2.75) is 25.3 Å². The van der Waals surface area contributed by atoms with Crippen molar-refractivity contribution in [3.05, 3.63) is 54.6 Å². The molecule has 29 heavy (non-hydrogen) atoms. The number of fused-ring (bicyclic) bond motifs is 1. The SMILES string of the molecule is Cl.Cl.NC1CCN(CCCN2c3ccccc3N(c3ccccc3)S2(O)O)CC1. The van der Waals surface area contributed by atoms with Crippen LogP contribution in [0, 0.1) is 0 Å². The lowest BCUT2D eigenvalue weighted by Crippen LogP contribution is -2.41. The molecule has 2 aromatic rings. The molecule has 2 aliphatic rings. The molecule has 1 saturated heterocycles. The van der Waals surface area contributed by atoms with Gasteiger partial charge in [-0.25, -0.2) is 4.31 Å². The summed E-state index contributed by atoms with van der Waals surface area (Å²) in [6.45, 7) is 3.62. The predicted octanol–water partition coefficient (Wildman–Crippen LogP) is 4.88. The molecule has 0 amide bonds. The van der Waals surface area contributed by atoms with Crippen molar-refractivity contribution in [2.24, 2.45) is 5.73 Å². The molecular formula is C20H30Cl2N4O2S. The van der Waals surface area contributed by atoms with Crippen LogP contribution >= 0.6 is 35.8 Å². The van der Waals surface area contributed by atoms with E-state index >= 15 is 0 Å². The second-order valence-electron chi connectivity index (χ2n) is 7.24. The number of nitrogens with zero attached hydrogens (tertiary/aromatic N) is 3. The Morgan fingerprint density at radius 3 is 2.10 bits per heavy atom. The van der Waals surface area contributed by atoms with Gasteiger partial charge in [-0.2, -0.15) is 0 Å². The molecule has 2 aliphatic heterocycles. The van der Waals surface area contributed by atoms with Gasteiger partial charge in [0, 0.05) is 12.6 Å². The molecule has 1 fully saturated rings. The number of anilines is 3. The third-order valence-corrected chi connectivity index (χ3v) is 7.24. The Labute approximate surface area is 187 Å². The van der Waals surface area contributed by atoms with Crippen LogP contribution in [0.4, 0.5) is 17.1 Å². The monoisotopic (exact) mass is 460 g/mol. The summed E-state index contributed by atoms with van der Waals surface area (Å²) in [5.74, 6) is 0. The van der Waals surface area contributed by atoms with Crippen molar-refractivity contribution >= 4 is 52.8 Å². The molecule has 2 aromatic carbocycles. The van der Waals surface area contributed by atoms with Crippen LogP contribution in [0.15, 0.2) is 54.6 Å². The van der Waals surface area contributed by atoms with E-state index in [-0.39, 0.29) is 24.8 Å². The normalized spacial score (nSPS) is 19.8. The second-order valence-corrected chi connectivity index (χ2v) is 9.03. The molecule has 0 unspecified atom stereocenters. The molecule has 0 radical (unpaired) electrons. The van der Waals surface area contributed by atoms with Gasteiger partial charge in [-0.15, -0.1) is 24.8 Å². The Morgan fingerprint density at radius 2 is 1.45 bits per heavy atom. The van der Waals surface area contributed by atoms with Crippen LogP contribution in [0.3, 0.4) is 0 Å². The summed E-state index contributed by atoms with van der Waals surface area (Å²) < 4.78 is 25.7. The first-order valence-corrected chi connectivity index (χ1v) is 11.0. The van der Waals surface area contributed by atoms with Crippen LogP contribution < -0.4 is 14.3 Å². The van der Waals surface area contributed by atoms with E-state index in [4.69, 9.17) is 5.73 Å². The van der Waals surface area contributed by atoms with Crippen LogP contribution in [0.1, 0.15) is 19.3 Å². The predicted molar refractivity (Wildman–Crippen MR) is 128 cm³/mol. The quantitative estimate of drug-likeness (QED) is 0.589. The molecule has 4 N–H and O–H groups in total. The van der Waals surface area contributed by atoms with Gasteiger partial charge in [-0.1, -0.05) is 30.3 Å². The number of benzene rings is 2. The van der Waals surface area contributed by atoms with Crippen molar-refractivity contribution < 1.29 is 9.11 Å². The summed E-state index contributed by atoms with van der Waals surface area (Å²) >= 11 is 0. The maximum Gasteiger partial charge on any atom is 0.0896 e. The van der Waals surface area contributed by atoms with Gasteiger partial charge in [-0.05, 0) is 74.1 Å². The highest BCUT2D eigenvalue weighted by Crippen LogP contribution is 2.63. The average Bonchev–Trinajstić information content (AvgIpc) is 2.90. The summed E-state index contributed by atoms with van der Waals surface area (Å²) in [7, 11) is -3.12. The van der Waals surface area contributed by atoms with Crippen LogP contribution in [0.2, 0.25) is 0 Å². The molecule has 2 heterocycles. The Bertz CT molecular complexity index is 776. The molecule has 0 atom stereocenters. The molecule has 0 spiro atoms. The molecule has 0 saturated carbocycles. The highest BCUT2D eigenvalue weighted by atomic mass is 35.5. The number of para-hydroxylation sites is 3. The summed E-state index contributed by atoms with van der Waals surface area (Å²) in [6, 6.07) is 17.7. The second kappa shape index (κ2) is 10.2. The fourth-order valence-corrected chi connectivity index (χ4v) is 5.72. The molecule has 162 valence electrons. The van der Waals surface area contributed by atoms with Gasteiger partial charge in [0.25, 0.3) is 0 Å². The molecule has 6 nitrogen and oxygen atoms in total. The zero-order valence-electron chi connectivity index (χ0n) is 16.3. The number of hydrogen-bond donors (Lipinski definition) is 3. The molecule has 0 aliphatic carbocycles. The first-order valence-electron chi connectivity index (χ1n) is 9.55. The molecule has 0 bridgehead atoms. The summed E-state index contributed by atoms with van der Waals surface area (Å²) in [5.41, 5.74) is 8.49. The third kappa shape index (κ3) is 4.94. The Balaban J connectivity index is 0.00000150. The van der Waals surface area contributed by atoms with Crippen LogP contribution in [0.5, 0.6) is 0 Å². The van der Waals surface area contributed by atoms with Crippen molar-refractivity contribution in [3.63, 3.8) is 0 Å². The number of hydrogen-bond acceptors (Lipinski definition) is 6. The standard InChI is InChI=1S/C20H28N4O2S.2ClH/c21-17-11-15-22(16-12-17)13-6-14-23-19-9-4-5-10-20(19)24(27(23,25)26)18-7-2-1-3-8-18;;/h1-5,7-10,17,25-26H,6,11-16,21H2;2*1H. The molecular weight excluding hydrogens is 431 g/mol. The zero-order valence-corrected chi connectivity index (χ0v) is 18.7. The van der Waals surface area contributed by atoms with Crippen molar-refractivity contribution in [2.75, 3.05) is 34.8 Å². The van der Waals surface area contributed by atoms with Crippen LogP contribution in [0.25, 0.3) is 0 Å². The van der Waals surface area contributed by atoms with Gasteiger partial charge >= 0.3 is 0 Å².